The van der Waals surface area contributed by atoms with Gasteiger partial charge in [-0.3, -0.25) is 9.78 Å². The van der Waals surface area contributed by atoms with Crippen molar-refractivity contribution >= 4 is 17.3 Å². The van der Waals surface area contributed by atoms with E-state index >= 15 is 0 Å². The van der Waals surface area contributed by atoms with Gasteiger partial charge in [0.05, 0.1) is 7.11 Å². The van der Waals surface area contributed by atoms with Crippen molar-refractivity contribution in [3.05, 3.63) is 102 Å². The van der Waals surface area contributed by atoms with Crippen molar-refractivity contribution in [1.29, 1.82) is 0 Å². The van der Waals surface area contributed by atoms with Crippen LogP contribution in [0.5, 0.6) is 5.75 Å². The number of amides is 1. The topological polar surface area (TPSA) is 75.6 Å². The summed E-state index contributed by atoms with van der Waals surface area (Å²) in [5.41, 5.74) is 3.86. The number of carbonyl (C=O) groups excluding carboxylic acids is 1. The van der Waals surface area contributed by atoms with Crippen LogP contribution in [-0.2, 0) is 0 Å². The molecule has 1 atom stereocenters. The number of ether oxygens (including phenoxy) is 1. The monoisotopic (exact) mass is 414 g/mol. The Hall–Kier alpha value is -3.93. The van der Waals surface area contributed by atoms with Gasteiger partial charge >= 0.3 is 0 Å². The number of aromatic nitrogens is 1. The highest BCUT2D eigenvalue weighted by molar-refractivity contribution is 6.02. The van der Waals surface area contributed by atoms with Gasteiger partial charge in [-0.1, -0.05) is 36.9 Å². The van der Waals surface area contributed by atoms with Gasteiger partial charge in [0, 0.05) is 23.6 Å². The van der Waals surface area contributed by atoms with E-state index in [0.717, 1.165) is 22.6 Å². The van der Waals surface area contributed by atoms with Crippen LogP contribution in [-0.4, -0.2) is 23.7 Å². The predicted molar refractivity (Wildman–Crippen MR) is 125 cm³/mol. The second-order valence-corrected chi connectivity index (χ2v) is 7.04. The molecule has 0 aliphatic heterocycles. The van der Waals surface area contributed by atoms with Crippen LogP contribution in [0.25, 0.3) is 0 Å². The van der Waals surface area contributed by atoms with Crippen molar-refractivity contribution < 1.29 is 9.53 Å². The highest BCUT2D eigenvalue weighted by Gasteiger charge is 2.10. The Morgan fingerprint density at radius 3 is 2.65 bits per heavy atom. The van der Waals surface area contributed by atoms with E-state index in [1.165, 1.54) is 0 Å². The number of methoxy groups -OCH3 is 1. The van der Waals surface area contributed by atoms with E-state index in [9.17, 15) is 4.79 Å². The lowest BCUT2D eigenvalue weighted by molar-refractivity contribution is 0.102. The number of nitrogens with zero attached hydrogens (tertiary/aromatic N) is 2. The molecule has 0 bridgehead atoms. The minimum Gasteiger partial charge on any atom is -0.497 e. The van der Waals surface area contributed by atoms with Gasteiger partial charge in [0.1, 0.15) is 17.3 Å². The fraction of sp³-hybridized carbons (Fsp3) is 0.160. The van der Waals surface area contributed by atoms with Gasteiger partial charge in [-0.05, 0) is 61.4 Å². The lowest BCUT2D eigenvalue weighted by Crippen LogP contribution is -2.18. The van der Waals surface area contributed by atoms with E-state index in [-0.39, 0.29) is 11.9 Å². The van der Waals surface area contributed by atoms with Crippen LogP contribution in [0.1, 0.15) is 41.5 Å². The average molecular weight is 415 g/mol. The first-order valence-corrected chi connectivity index (χ1v) is 9.94. The zero-order valence-electron chi connectivity index (χ0n) is 17.9. The summed E-state index contributed by atoms with van der Waals surface area (Å²) in [6.07, 6.45) is 1.59. The van der Waals surface area contributed by atoms with Gasteiger partial charge in [-0.15, -0.1) is 0 Å². The second-order valence-electron chi connectivity index (χ2n) is 7.04. The average Bonchev–Trinajstić information content (AvgIpc) is 2.79. The molecule has 0 saturated carbocycles. The fourth-order valence-corrected chi connectivity index (χ4v) is 3.06. The Bertz CT molecular complexity index is 1090. The Morgan fingerprint density at radius 2 is 1.90 bits per heavy atom. The zero-order chi connectivity index (χ0) is 22.2. The second kappa shape index (κ2) is 10.2. The Kier molecular flexibility index (Phi) is 7.17. The summed E-state index contributed by atoms with van der Waals surface area (Å²) in [5.74, 6) is 1.08. The fourth-order valence-electron chi connectivity index (χ4n) is 3.06. The number of hydrogen-bond acceptors (Lipinski definition) is 5. The molecule has 6 nitrogen and oxygen atoms in total. The lowest BCUT2D eigenvalue weighted by atomic mass is 10.1. The highest BCUT2D eigenvalue weighted by Crippen LogP contribution is 2.19. The number of rotatable bonds is 8. The largest absolute Gasteiger partial charge is 0.497 e. The van der Waals surface area contributed by atoms with E-state index in [1.807, 2.05) is 62.4 Å². The molecule has 2 N–H and O–H groups in total. The number of pyridine rings is 1. The molecular formula is C25H26N4O2. The number of benzene rings is 2. The molecule has 6 heteroatoms. The molecule has 1 amide bonds. The summed E-state index contributed by atoms with van der Waals surface area (Å²) in [6.45, 7) is 7.98. The lowest BCUT2D eigenvalue weighted by Gasteiger charge is -2.17. The summed E-state index contributed by atoms with van der Waals surface area (Å²) in [6, 6.07) is 20.6. The quantitative estimate of drug-likeness (QED) is 0.510. The van der Waals surface area contributed by atoms with Crippen LogP contribution in [0.2, 0.25) is 0 Å². The maximum absolute atomic E-state index is 12.3. The molecule has 0 radical (unpaired) electrons. The minimum atomic E-state index is -0.249. The molecule has 1 unspecified atom stereocenters. The molecule has 3 rings (SSSR count). The smallest absolute Gasteiger partial charge is 0.274 e. The third kappa shape index (κ3) is 6.02. The number of carbonyl (C=O) groups is 1. The molecule has 2 aromatic carbocycles. The number of hydrogen-bond donors (Lipinski definition) is 2. The SMILES string of the molecule is C=C(N=C(C)c1cccc(OC)c1)NC(C)c1cccc(NC(=O)c2ccccn2)c1. The van der Waals surface area contributed by atoms with E-state index in [0.29, 0.717) is 17.2 Å². The van der Waals surface area contributed by atoms with E-state index in [1.54, 1.807) is 31.5 Å². The molecule has 31 heavy (non-hydrogen) atoms. The van der Waals surface area contributed by atoms with Crippen LogP contribution < -0.4 is 15.4 Å². The normalized spacial score (nSPS) is 12.0. The number of aliphatic imine (C=N–C) groups is 1. The van der Waals surface area contributed by atoms with E-state index in [4.69, 9.17) is 4.74 Å². The summed E-state index contributed by atoms with van der Waals surface area (Å²) < 4.78 is 5.27. The van der Waals surface area contributed by atoms with Gasteiger partial charge in [0.25, 0.3) is 5.91 Å². The van der Waals surface area contributed by atoms with Crippen LogP contribution in [0, 0.1) is 0 Å². The van der Waals surface area contributed by atoms with E-state index in [2.05, 4.69) is 27.2 Å². The molecule has 0 spiro atoms. The molecule has 1 aromatic heterocycles. The van der Waals surface area contributed by atoms with Crippen LogP contribution in [0.15, 0.2) is 90.3 Å². The summed E-state index contributed by atoms with van der Waals surface area (Å²) in [7, 11) is 1.64. The Labute approximate surface area is 182 Å². The molecule has 158 valence electrons. The van der Waals surface area contributed by atoms with Crippen molar-refractivity contribution in [3.63, 3.8) is 0 Å². The predicted octanol–water partition coefficient (Wildman–Crippen LogP) is 4.97. The van der Waals surface area contributed by atoms with Crippen molar-refractivity contribution in [2.45, 2.75) is 19.9 Å². The molecule has 1 heterocycles. The number of anilines is 1. The maximum Gasteiger partial charge on any atom is 0.274 e. The van der Waals surface area contributed by atoms with Crippen molar-refractivity contribution in [1.82, 2.24) is 10.3 Å². The molecule has 3 aromatic rings. The van der Waals surface area contributed by atoms with Crippen molar-refractivity contribution in [2.24, 2.45) is 4.99 Å². The Balaban J connectivity index is 1.66. The van der Waals surface area contributed by atoms with Crippen molar-refractivity contribution in [3.8, 4) is 5.75 Å². The van der Waals surface area contributed by atoms with Gasteiger partial charge in [0.15, 0.2) is 0 Å². The van der Waals surface area contributed by atoms with Gasteiger partial charge in [-0.25, -0.2) is 4.99 Å². The van der Waals surface area contributed by atoms with Crippen LogP contribution in [0.4, 0.5) is 5.69 Å². The third-order valence-corrected chi connectivity index (χ3v) is 4.72. The van der Waals surface area contributed by atoms with Gasteiger partial charge in [-0.2, -0.15) is 0 Å². The Morgan fingerprint density at radius 1 is 1.10 bits per heavy atom. The molecule has 0 fully saturated rings. The molecule has 0 saturated heterocycles. The first-order chi connectivity index (χ1) is 15.0. The standard InChI is InChI=1S/C25H26N4O2/c1-17(27-19(3)28-18(2)21-10-8-12-23(16-21)31-4)20-9-7-11-22(15-20)29-25(30)24-13-5-6-14-26-24/h5-17,27H,3H2,1-2,4H3,(H,29,30). The summed E-state index contributed by atoms with van der Waals surface area (Å²) in [5, 5.41) is 6.18. The van der Waals surface area contributed by atoms with Crippen molar-refractivity contribution in [2.75, 3.05) is 12.4 Å². The summed E-state index contributed by atoms with van der Waals surface area (Å²) in [4.78, 5) is 21.0. The van der Waals surface area contributed by atoms with Gasteiger partial charge < -0.3 is 15.4 Å². The minimum absolute atomic E-state index is 0.0546. The van der Waals surface area contributed by atoms with Gasteiger partial charge in [0.2, 0.25) is 0 Å². The summed E-state index contributed by atoms with van der Waals surface area (Å²) >= 11 is 0. The zero-order valence-corrected chi connectivity index (χ0v) is 17.9. The van der Waals surface area contributed by atoms with E-state index < -0.39 is 0 Å². The molecule has 0 aliphatic rings. The highest BCUT2D eigenvalue weighted by atomic mass is 16.5. The third-order valence-electron chi connectivity index (χ3n) is 4.72. The first kappa shape index (κ1) is 21.8. The van der Waals surface area contributed by atoms with Crippen LogP contribution in [0.3, 0.4) is 0 Å². The maximum atomic E-state index is 12.3. The molecular weight excluding hydrogens is 388 g/mol. The first-order valence-electron chi connectivity index (χ1n) is 9.94. The number of nitrogens with one attached hydrogen (secondary N) is 2. The molecule has 0 aliphatic carbocycles. The van der Waals surface area contributed by atoms with Crippen LogP contribution >= 0.6 is 0 Å².